The van der Waals surface area contributed by atoms with E-state index in [1.54, 1.807) is 29.1 Å². The molecular formula is C15H16N4O3. The first-order valence-corrected chi connectivity index (χ1v) is 6.83. The Labute approximate surface area is 127 Å². The van der Waals surface area contributed by atoms with Gasteiger partial charge in [0.1, 0.15) is 0 Å². The summed E-state index contributed by atoms with van der Waals surface area (Å²) in [6, 6.07) is 8.12. The molecule has 1 N–H and O–H groups in total. The van der Waals surface area contributed by atoms with Crippen LogP contribution in [0.15, 0.2) is 48.8 Å². The normalized spacial score (nSPS) is 10.7. The van der Waals surface area contributed by atoms with Gasteiger partial charge < -0.3 is 5.32 Å². The molecular weight excluding hydrogens is 284 g/mol. The Bertz CT molecular complexity index is 665. The van der Waals surface area contributed by atoms with E-state index < -0.39 is 4.92 Å². The summed E-state index contributed by atoms with van der Waals surface area (Å²) in [5.74, 6) is -0.279. The van der Waals surface area contributed by atoms with Crippen LogP contribution in [0.1, 0.15) is 12.0 Å². The zero-order valence-corrected chi connectivity index (χ0v) is 11.9. The number of carbonyl (C=O) groups is 1. The maximum Gasteiger partial charge on any atom is 0.276 e. The number of amides is 1. The Morgan fingerprint density at radius 3 is 2.91 bits per heavy atom. The molecule has 114 valence electrons. The van der Waals surface area contributed by atoms with Crippen LogP contribution < -0.4 is 5.32 Å². The van der Waals surface area contributed by atoms with Gasteiger partial charge in [-0.1, -0.05) is 12.1 Å². The van der Waals surface area contributed by atoms with Crippen molar-refractivity contribution in [2.45, 2.75) is 13.0 Å². The van der Waals surface area contributed by atoms with E-state index in [2.05, 4.69) is 10.4 Å². The number of para-hydroxylation sites is 1. The molecule has 1 heterocycles. The number of aryl methyl sites for hydroxylation is 1. The van der Waals surface area contributed by atoms with Gasteiger partial charge in [-0.15, -0.1) is 0 Å². The summed E-state index contributed by atoms with van der Waals surface area (Å²) in [5.41, 5.74) is 0.379. The maximum atomic E-state index is 11.7. The Morgan fingerprint density at radius 2 is 2.18 bits per heavy atom. The third kappa shape index (κ3) is 4.55. The summed E-state index contributed by atoms with van der Waals surface area (Å²) < 4.78 is 1.79. The number of benzene rings is 1. The van der Waals surface area contributed by atoms with Gasteiger partial charge in [-0.3, -0.25) is 19.6 Å². The van der Waals surface area contributed by atoms with E-state index in [9.17, 15) is 14.9 Å². The van der Waals surface area contributed by atoms with Crippen LogP contribution in [-0.4, -0.2) is 27.2 Å². The number of hydrogen-bond donors (Lipinski definition) is 1. The minimum absolute atomic E-state index is 0.0229. The van der Waals surface area contributed by atoms with Gasteiger partial charge in [0.2, 0.25) is 5.91 Å². The van der Waals surface area contributed by atoms with Crippen molar-refractivity contribution >= 4 is 17.7 Å². The summed E-state index contributed by atoms with van der Waals surface area (Å²) in [4.78, 5) is 22.1. The Morgan fingerprint density at radius 1 is 1.36 bits per heavy atom. The highest BCUT2D eigenvalue weighted by molar-refractivity contribution is 5.92. The molecule has 2 rings (SSSR count). The second-order valence-electron chi connectivity index (χ2n) is 4.56. The molecule has 0 aliphatic rings. The summed E-state index contributed by atoms with van der Waals surface area (Å²) >= 11 is 0. The molecule has 1 aromatic heterocycles. The van der Waals surface area contributed by atoms with Crippen molar-refractivity contribution in [3.63, 3.8) is 0 Å². The first-order chi connectivity index (χ1) is 10.7. The van der Waals surface area contributed by atoms with E-state index in [1.165, 1.54) is 18.2 Å². The minimum atomic E-state index is -0.471. The summed E-state index contributed by atoms with van der Waals surface area (Å²) in [6.07, 6.45) is 7.06. The Balaban J connectivity index is 1.80. The van der Waals surface area contributed by atoms with Crippen molar-refractivity contribution < 1.29 is 9.72 Å². The highest BCUT2D eigenvalue weighted by Crippen LogP contribution is 2.18. The van der Waals surface area contributed by atoms with Crippen molar-refractivity contribution in [3.8, 4) is 0 Å². The second-order valence-corrected chi connectivity index (χ2v) is 4.56. The van der Waals surface area contributed by atoms with E-state index in [1.807, 2.05) is 12.3 Å². The van der Waals surface area contributed by atoms with Crippen molar-refractivity contribution in [1.29, 1.82) is 0 Å². The largest absolute Gasteiger partial charge is 0.352 e. The molecule has 0 radical (unpaired) electrons. The quantitative estimate of drug-likeness (QED) is 0.366. The van der Waals surface area contributed by atoms with Crippen LogP contribution in [0.3, 0.4) is 0 Å². The Kier molecular flexibility index (Phi) is 5.42. The number of nitrogens with one attached hydrogen (secondary N) is 1. The molecule has 22 heavy (non-hydrogen) atoms. The number of rotatable bonds is 7. The molecule has 0 atom stereocenters. The molecule has 0 spiro atoms. The highest BCUT2D eigenvalue weighted by atomic mass is 16.6. The van der Waals surface area contributed by atoms with E-state index >= 15 is 0 Å². The number of nitro groups is 1. The standard InChI is InChI=1S/C15H16N4O3/c20-15(16-9-3-11-18-12-4-10-17-18)8-7-13-5-1-2-6-14(13)19(21)22/h1-2,4-8,10,12H,3,9,11H2,(H,16,20). The number of aromatic nitrogens is 2. The molecule has 0 saturated carbocycles. The van der Waals surface area contributed by atoms with Crippen LogP contribution in [0.4, 0.5) is 5.69 Å². The lowest BCUT2D eigenvalue weighted by molar-refractivity contribution is -0.385. The van der Waals surface area contributed by atoms with Gasteiger partial charge in [0, 0.05) is 37.6 Å². The molecule has 1 amide bonds. The fourth-order valence-corrected chi connectivity index (χ4v) is 1.90. The van der Waals surface area contributed by atoms with Crippen LogP contribution in [-0.2, 0) is 11.3 Å². The third-order valence-electron chi connectivity index (χ3n) is 2.97. The number of nitro benzene ring substituents is 1. The van der Waals surface area contributed by atoms with Crippen LogP contribution >= 0.6 is 0 Å². The Hall–Kier alpha value is -2.96. The van der Waals surface area contributed by atoms with Gasteiger partial charge in [0.05, 0.1) is 10.5 Å². The first kappa shape index (κ1) is 15.4. The average molecular weight is 300 g/mol. The molecule has 0 aliphatic carbocycles. The van der Waals surface area contributed by atoms with Gasteiger partial charge in [-0.05, 0) is 24.6 Å². The van der Waals surface area contributed by atoms with E-state index in [0.29, 0.717) is 12.1 Å². The van der Waals surface area contributed by atoms with Crippen molar-refractivity contribution in [3.05, 3.63) is 64.5 Å². The molecule has 7 nitrogen and oxygen atoms in total. The minimum Gasteiger partial charge on any atom is -0.352 e. The van der Waals surface area contributed by atoms with Gasteiger partial charge in [0.25, 0.3) is 5.69 Å². The predicted octanol–water partition coefficient (Wildman–Crippen LogP) is 2.01. The van der Waals surface area contributed by atoms with Gasteiger partial charge in [0.15, 0.2) is 0 Å². The molecule has 0 unspecified atom stereocenters. The smallest absolute Gasteiger partial charge is 0.276 e. The fraction of sp³-hybridized carbons (Fsp3) is 0.200. The van der Waals surface area contributed by atoms with Gasteiger partial charge in [-0.25, -0.2) is 0 Å². The zero-order valence-electron chi connectivity index (χ0n) is 11.9. The zero-order chi connectivity index (χ0) is 15.8. The molecule has 0 bridgehead atoms. The van der Waals surface area contributed by atoms with Crippen molar-refractivity contribution in [2.24, 2.45) is 0 Å². The lowest BCUT2D eigenvalue weighted by Gasteiger charge is -2.03. The van der Waals surface area contributed by atoms with E-state index in [-0.39, 0.29) is 11.6 Å². The van der Waals surface area contributed by atoms with Crippen LogP contribution in [0.25, 0.3) is 6.08 Å². The molecule has 0 aliphatic heterocycles. The summed E-state index contributed by atoms with van der Waals surface area (Å²) in [6.45, 7) is 1.24. The molecule has 1 aromatic carbocycles. The number of carbonyl (C=O) groups excluding carboxylic acids is 1. The van der Waals surface area contributed by atoms with Crippen molar-refractivity contribution in [1.82, 2.24) is 15.1 Å². The third-order valence-corrected chi connectivity index (χ3v) is 2.97. The van der Waals surface area contributed by atoms with Crippen LogP contribution in [0, 0.1) is 10.1 Å². The maximum absolute atomic E-state index is 11.7. The van der Waals surface area contributed by atoms with Crippen molar-refractivity contribution in [2.75, 3.05) is 6.54 Å². The van der Waals surface area contributed by atoms with Crippen LogP contribution in [0.5, 0.6) is 0 Å². The van der Waals surface area contributed by atoms with Gasteiger partial charge >= 0.3 is 0 Å². The topological polar surface area (TPSA) is 90.1 Å². The average Bonchev–Trinajstić information content (AvgIpc) is 3.03. The second kappa shape index (κ2) is 7.72. The lowest BCUT2D eigenvalue weighted by Crippen LogP contribution is -2.23. The lowest BCUT2D eigenvalue weighted by atomic mass is 10.1. The molecule has 0 fully saturated rings. The number of nitrogens with zero attached hydrogens (tertiary/aromatic N) is 3. The van der Waals surface area contributed by atoms with E-state index in [4.69, 9.17) is 0 Å². The number of hydrogen-bond acceptors (Lipinski definition) is 4. The first-order valence-electron chi connectivity index (χ1n) is 6.83. The molecule has 2 aromatic rings. The highest BCUT2D eigenvalue weighted by Gasteiger charge is 2.09. The molecule has 0 saturated heterocycles. The van der Waals surface area contributed by atoms with Crippen LogP contribution in [0.2, 0.25) is 0 Å². The monoisotopic (exact) mass is 300 g/mol. The van der Waals surface area contributed by atoms with Gasteiger partial charge in [-0.2, -0.15) is 5.10 Å². The summed E-state index contributed by atoms with van der Waals surface area (Å²) in [5, 5.41) is 17.6. The SMILES string of the molecule is O=C(C=Cc1ccccc1[N+](=O)[O-])NCCCn1cccn1. The predicted molar refractivity (Wildman–Crippen MR) is 82.0 cm³/mol. The molecule has 7 heteroatoms. The summed E-state index contributed by atoms with van der Waals surface area (Å²) in [7, 11) is 0. The van der Waals surface area contributed by atoms with E-state index in [0.717, 1.165) is 13.0 Å². The fourth-order valence-electron chi connectivity index (χ4n) is 1.90.